The molecule has 1 aliphatic heterocycles. The van der Waals surface area contributed by atoms with E-state index in [1.807, 2.05) is 0 Å². The average molecular weight is 103 g/mol. The van der Waals surface area contributed by atoms with Gasteiger partial charge >= 0.3 is 0 Å². The molecule has 1 saturated heterocycles. The summed E-state index contributed by atoms with van der Waals surface area (Å²) < 4.78 is 0. The van der Waals surface area contributed by atoms with Crippen molar-refractivity contribution in [3.8, 4) is 0 Å². The molecule has 6 heavy (non-hydrogen) atoms. The third kappa shape index (κ3) is 0.717. The van der Waals surface area contributed by atoms with Crippen LogP contribution in [0.2, 0.25) is 0 Å². The fourth-order valence-corrected chi connectivity index (χ4v) is 1.47. The Morgan fingerprint density at radius 3 is 2.17 bits per heavy atom. The Morgan fingerprint density at radius 2 is 2.17 bits per heavy atom. The Kier molecular flexibility index (Phi) is 1.12. The van der Waals surface area contributed by atoms with E-state index in [0.29, 0.717) is 0 Å². The van der Waals surface area contributed by atoms with Gasteiger partial charge in [0.2, 0.25) is 0 Å². The van der Waals surface area contributed by atoms with Gasteiger partial charge < -0.3 is 4.90 Å². The Morgan fingerprint density at radius 1 is 1.67 bits per heavy atom. The van der Waals surface area contributed by atoms with Crippen LogP contribution >= 0.6 is 9.24 Å². The molecule has 0 aliphatic carbocycles. The first kappa shape index (κ1) is 4.55. The zero-order valence-electron chi connectivity index (χ0n) is 4.02. The second-order valence-electron chi connectivity index (χ2n) is 1.98. The topological polar surface area (TPSA) is 3.24 Å². The SMILES string of the molecule is CN1CC(P)C1. The summed E-state index contributed by atoms with van der Waals surface area (Å²) in [5.41, 5.74) is 0.884. The third-order valence-corrected chi connectivity index (χ3v) is 1.51. The molecule has 0 aromatic heterocycles. The first-order valence-electron chi connectivity index (χ1n) is 2.23. The zero-order valence-corrected chi connectivity index (χ0v) is 5.17. The molecule has 1 unspecified atom stereocenters. The smallest absolute Gasteiger partial charge is 0.00538 e. The molecule has 0 aromatic rings. The lowest BCUT2D eigenvalue weighted by atomic mass is 10.2. The number of hydrogen-bond donors (Lipinski definition) is 0. The fourth-order valence-electron chi connectivity index (χ4n) is 0.747. The summed E-state index contributed by atoms with van der Waals surface area (Å²) in [6.45, 7) is 2.54. The summed E-state index contributed by atoms with van der Waals surface area (Å²) >= 11 is 0. The summed E-state index contributed by atoms with van der Waals surface area (Å²) in [4.78, 5) is 2.30. The van der Waals surface area contributed by atoms with Crippen LogP contribution in [0.4, 0.5) is 0 Å². The normalized spacial score (nSPS) is 27.0. The Labute approximate surface area is 40.9 Å². The van der Waals surface area contributed by atoms with E-state index in [9.17, 15) is 0 Å². The lowest BCUT2D eigenvalue weighted by Crippen LogP contribution is -2.44. The molecule has 1 atom stereocenters. The van der Waals surface area contributed by atoms with Gasteiger partial charge in [-0.25, -0.2) is 0 Å². The van der Waals surface area contributed by atoms with Crippen molar-refractivity contribution in [2.75, 3.05) is 20.1 Å². The number of nitrogens with zero attached hydrogens (tertiary/aromatic N) is 1. The lowest BCUT2D eigenvalue weighted by Gasteiger charge is -2.32. The summed E-state index contributed by atoms with van der Waals surface area (Å²) in [5.74, 6) is 0. The van der Waals surface area contributed by atoms with E-state index < -0.39 is 0 Å². The number of likely N-dealkylation sites (tertiary alicyclic amines) is 1. The van der Waals surface area contributed by atoms with Crippen LogP contribution in [0.5, 0.6) is 0 Å². The number of rotatable bonds is 0. The van der Waals surface area contributed by atoms with Crippen molar-refractivity contribution in [1.82, 2.24) is 4.90 Å². The molecular weight excluding hydrogens is 93.0 g/mol. The molecular formula is C4H10NP. The number of hydrogen-bond acceptors (Lipinski definition) is 1. The van der Waals surface area contributed by atoms with E-state index in [1.165, 1.54) is 13.1 Å². The van der Waals surface area contributed by atoms with Crippen LogP contribution in [0.1, 0.15) is 0 Å². The van der Waals surface area contributed by atoms with Gasteiger partial charge in [0.05, 0.1) is 0 Å². The van der Waals surface area contributed by atoms with Crippen LogP contribution in [-0.2, 0) is 0 Å². The average Bonchev–Trinajstić information content (AvgIpc) is 1.33. The Hall–Kier alpha value is 0.390. The lowest BCUT2D eigenvalue weighted by molar-refractivity contribution is 0.239. The van der Waals surface area contributed by atoms with Crippen LogP contribution in [-0.4, -0.2) is 30.7 Å². The zero-order chi connectivity index (χ0) is 4.57. The maximum Gasteiger partial charge on any atom is 0.00538 e. The van der Waals surface area contributed by atoms with E-state index in [1.54, 1.807) is 0 Å². The van der Waals surface area contributed by atoms with Gasteiger partial charge in [-0.15, -0.1) is 9.24 Å². The van der Waals surface area contributed by atoms with Gasteiger partial charge in [-0.1, -0.05) is 0 Å². The van der Waals surface area contributed by atoms with Gasteiger partial charge in [0.25, 0.3) is 0 Å². The molecule has 1 rings (SSSR count). The van der Waals surface area contributed by atoms with E-state index in [0.717, 1.165) is 5.66 Å². The van der Waals surface area contributed by atoms with Crippen molar-refractivity contribution in [2.45, 2.75) is 5.66 Å². The van der Waals surface area contributed by atoms with Crippen molar-refractivity contribution in [1.29, 1.82) is 0 Å². The second kappa shape index (κ2) is 1.48. The minimum atomic E-state index is 0.884. The van der Waals surface area contributed by atoms with Crippen LogP contribution in [0.15, 0.2) is 0 Å². The molecule has 0 amide bonds. The van der Waals surface area contributed by atoms with Crippen LogP contribution in [0, 0.1) is 0 Å². The summed E-state index contributed by atoms with van der Waals surface area (Å²) in [6.07, 6.45) is 0. The largest absolute Gasteiger partial charge is 0.305 e. The van der Waals surface area contributed by atoms with Crippen molar-refractivity contribution in [2.24, 2.45) is 0 Å². The molecule has 0 spiro atoms. The van der Waals surface area contributed by atoms with Crippen LogP contribution < -0.4 is 0 Å². The van der Waals surface area contributed by atoms with E-state index in [4.69, 9.17) is 0 Å². The maximum absolute atomic E-state index is 2.80. The van der Waals surface area contributed by atoms with Crippen molar-refractivity contribution in [3.63, 3.8) is 0 Å². The minimum Gasteiger partial charge on any atom is -0.305 e. The first-order valence-corrected chi connectivity index (χ1v) is 2.90. The predicted octanol–water partition coefficient (Wildman–Crippen LogP) is 0.175. The molecule has 1 fully saturated rings. The summed E-state index contributed by atoms with van der Waals surface area (Å²) in [7, 11) is 4.94. The molecule has 1 nitrogen and oxygen atoms in total. The van der Waals surface area contributed by atoms with E-state index >= 15 is 0 Å². The molecule has 0 aromatic carbocycles. The second-order valence-corrected chi connectivity index (χ2v) is 2.92. The molecule has 2 heteroatoms. The van der Waals surface area contributed by atoms with Gasteiger partial charge in [-0.05, 0) is 12.7 Å². The minimum absolute atomic E-state index is 0.884. The standard InChI is InChI=1S/C4H10NP/c1-5-2-4(6)3-5/h4H,2-3,6H2,1H3. The third-order valence-electron chi connectivity index (χ3n) is 1.09. The van der Waals surface area contributed by atoms with Gasteiger partial charge in [0.1, 0.15) is 0 Å². The van der Waals surface area contributed by atoms with Gasteiger partial charge in [-0.2, -0.15) is 0 Å². The van der Waals surface area contributed by atoms with Gasteiger partial charge in [0, 0.05) is 13.1 Å². The Bertz CT molecular complexity index is 43.5. The highest BCUT2D eigenvalue weighted by molar-refractivity contribution is 7.17. The van der Waals surface area contributed by atoms with Crippen molar-refractivity contribution >= 4 is 9.24 Å². The van der Waals surface area contributed by atoms with E-state index in [-0.39, 0.29) is 0 Å². The fraction of sp³-hybridized carbons (Fsp3) is 1.00. The van der Waals surface area contributed by atoms with Crippen molar-refractivity contribution < 1.29 is 0 Å². The highest BCUT2D eigenvalue weighted by Crippen LogP contribution is 2.12. The van der Waals surface area contributed by atoms with Gasteiger partial charge in [0.15, 0.2) is 0 Å². The molecule has 36 valence electrons. The molecule has 0 bridgehead atoms. The highest BCUT2D eigenvalue weighted by Gasteiger charge is 2.16. The molecule has 1 aliphatic rings. The Balaban J connectivity index is 2.11. The first-order chi connectivity index (χ1) is 2.79. The summed E-state index contributed by atoms with van der Waals surface area (Å²) in [5, 5.41) is 0. The van der Waals surface area contributed by atoms with Crippen LogP contribution in [0.25, 0.3) is 0 Å². The molecule has 0 radical (unpaired) electrons. The molecule has 1 heterocycles. The summed E-state index contributed by atoms with van der Waals surface area (Å²) in [6, 6.07) is 0. The molecule has 0 saturated carbocycles. The predicted molar refractivity (Wildman–Crippen MR) is 31.0 cm³/mol. The van der Waals surface area contributed by atoms with Crippen molar-refractivity contribution in [3.05, 3.63) is 0 Å². The van der Waals surface area contributed by atoms with Gasteiger partial charge in [-0.3, -0.25) is 0 Å². The maximum atomic E-state index is 2.80. The monoisotopic (exact) mass is 103 g/mol. The quantitative estimate of drug-likeness (QED) is 0.395. The molecule has 0 N–H and O–H groups in total. The van der Waals surface area contributed by atoms with E-state index in [2.05, 4.69) is 21.2 Å². The van der Waals surface area contributed by atoms with Crippen LogP contribution in [0.3, 0.4) is 0 Å². The highest BCUT2D eigenvalue weighted by atomic mass is 31.0.